The molecule has 0 radical (unpaired) electrons. The Morgan fingerprint density at radius 2 is 2.11 bits per heavy atom. The molecule has 1 aromatic rings. The van der Waals surface area contributed by atoms with Gasteiger partial charge in [0.15, 0.2) is 0 Å². The van der Waals surface area contributed by atoms with Gasteiger partial charge in [0.2, 0.25) is 0 Å². The highest BCUT2D eigenvalue weighted by Gasteiger charge is 2.17. The molecule has 100 valence electrons. The van der Waals surface area contributed by atoms with Crippen LogP contribution in [-0.4, -0.2) is 23.4 Å². The van der Waals surface area contributed by atoms with Gasteiger partial charge in [0, 0.05) is 6.61 Å². The predicted octanol–water partition coefficient (Wildman–Crippen LogP) is 2.71. The van der Waals surface area contributed by atoms with Crippen LogP contribution < -0.4 is 5.32 Å². The number of ether oxygens (including phenoxy) is 1. The highest BCUT2D eigenvalue weighted by Crippen LogP contribution is 2.18. The molecule has 5 heteroatoms. The van der Waals surface area contributed by atoms with Gasteiger partial charge in [0.25, 0.3) is 0 Å². The Morgan fingerprint density at radius 3 is 2.67 bits per heavy atom. The molecule has 1 amide bonds. The van der Waals surface area contributed by atoms with E-state index in [0.717, 1.165) is 5.56 Å². The maximum absolute atomic E-state index is 13.5. The van der Waals surface area contributed by atoms with Crippen LogP contribution >= 0.6 is 0 Å². The number of carbonyl (C=O) groups excluding carboxylic acids is 1. The lowest BCUT2D eigenvalue weighted by atomic mass is 10.1. The summed E-state index contributed by atoms with van der Waals surface area (Å²) in [5.41, 5.74) is 0.156. The minimum Gasteiger partial charge on any atom is -0.444 e. The molecule has 0 fully saturated rings. The first-order valence-corrected chi connectivity index (χ1v) is 5.71. The number of nitrogens with one attached hydrogen (secondary N) is 1. The third-order valence-corrected chi connectivity index (χ3v) is 2.07. The maximum Gasteiger partial charge on any atom is 0.412 e. The van der Waals surface area contributed by atoms with Crippen molar-refractivity contribution in [2.75, 3.05) is 11.9 Å². The summed E-state index contributed by atoms with van der Waals surface area (Å²) in [4.78, 5) is 11.5. The van der Waals surface area contributed by atoms with E-state index in [9.17, 15) is 9.18 Å². The van der Waals surface area contributed by atoms with Gasteiger partial charge >= 0.3 is 6.09 Å². The van der Waals surface area contributed by atoms with Gasteiger partial charge in [-0.25, -0.2) is 9.18 Å². The van der Waals surface area contributed by atoms with E-state index in [4.69, 9.17) is 9.84 Å². The summed E-state index contributed by atoms with van der Waals surface area (Å²) in [6.07, 6.45) is -0.300. The van der Waals surface area contributed by atoms with Crippen LogP contribution in [0.4, 0.5) is 14.9 Å². The number of aliphatic hydroxyl groups is 1. The quantitative estimate of drug-likeness (QED) is 0.873. The molecule has 4 nitrogen and oxygen atoms in total. The molecule has 18 heavy (non-hydrogen) atoms. The van der Waals surface area contributed by atoms with Gasteiger partial charge in [-0.3, -0.25) is 5.32 Å². The maximum atomic E-state index is 13.5. The summed E-state index contributed by atoms with van der Waals surface area (Å²) in [6.45, 7) is 5.15. The second-order valence-electron chi connectivity index (χ2n) is 4.91. The number of aliphatic hydroxyl groups excluding tert-OH is 1. The van der Waals surface area contributed by atoms with Crippen LogP contribution in [0.1, 0.15) is 26.3 Å². The van der Waals surface area contributed by atoms with Gasteiger partial charge in [-0.1, -0.05) is 6.07 Å². The van der Waals surface area contributed by atoms with Crippen molar-refractivity contribution in [3.8, 4) is 0 Å². The Bertz CT molecular complexity index is 427. The van der Waals surface area contributed by atoms with E-state index in [1.807, 2.05) is 0 Å². The molecule has 1 aromatic carbocycles. The monoisotopic (exact) mass is 255 g/mol. The zero-order chi connectivity index (χ0) is 13.8. The molecule has 0 aliphatic heterocycles. The molecule has 0 aliphatic rings. The minimum atomic E-state index is -0.706. The van der Waals surface area contributed by atoms with E-state index in [0.29, 0.717) is 6.42 Å². The highest BCUT2D eigenvalue weighted by molar-refractivity contribution is 5.85. The molecule has 0 saturated carbocycles. The molecule has 0 aromatic heterocycles. The van der Waals surface area contributed by atoms with Crippen molar-refractivity contribution in [3.63, 3.8) is 0 Å². The van der Waals surface area contributed by atoms with Crippen molar-refractivity contribution in [3.05, 3.63) is 29.6 Å². The molecular weight excluding hydrogens is 237 g/mol. The average molecular weight is 255 g/mol. The third-order valence-electron chi connectivity index (χ3n) is 2.07. The lowest BCUT2D eigenvalue weighted by molar-refractivity contribution is 0.0635. The summed E-state index contributed by atoms with van der Waals surface area (Å²) >= 11 is 0. The third kappa shape index (κ3) is 4.71. The topological polar surface area (TPSA) is 58.6 Å². The molecule has 0 aliphatic carbocycles. The van der Waals surface area contributed by atoms with Crippen molar-refractivity contribution >= 4 is 11.8 Å². The van der Waals surface area contributed by atoms with Crippen LogP contribution in [0.25, 0.3) is 0 Å². The number of hydrogen-bond donors (Lipinski definition) is 2. The number of halogens is 1. The Balaban J connectivity index is 2.77. The number of carbonyl (C=O) groups is 1. The van der Waals surface area contributed by atoms with E-state index in [1.54, 1.807) is 26.8 Å². The number of amides is 1. The molecule has 0 spiro atoms. The van der Waals surface area contributed by atoms with Crippen molar-refractivity contribution < 1.29 is 19.0 Å². The summed E-state index contributed by atoms with van der Waals surface area (Å²) in [7, 11) is 0. The summed E-state index contributed by atoms with van der Waals surface area (Å²) in [5.74, 6) is -0.539. The Morgan fingerprint density at radius 1 is 1.44 bits per heavy atom. The molecule has 0 unspecified atom stereocenters. The first-order chi connectivity index (χ1) is 8.31. The van der Waals surface area contributed by atoms with Crippen LogP contribution in [-0.2, 0) is 11.2 Å². The molecule has 0 saturated heterocycles. The normalized spacial score (nSPS) is 11.2. The molecule has 1 rings (SSSR count). The fourth-order valence-corrected chi connectivity index (χ4v) is 1.37. The van der Waals surface area contributed by atoms with E-state index < -0.39 is 17.5 Å². The van der Waals surface area contributed by atoms with Crippen LogP contribution in [0.2, 0.25) is 0 Å². The van der Waals surface area contributed by atoms with Gasteiger partial charge < -0.3 is 9.84 Å². The zero-order valence-corrected chi connectivity index (χ0v) is 10.8. The number of hydrogen-bond acceptors (Lipinski definition) is 3. The first-order valence-electron chi connectivity index (χ1n) is 5.71. The highest BCUT2D eigenvalue weighted by atomic mass is 19.1. The van der Waals surface area contributed by atoms with Crippen LogP contribution in [0, 0.1) is 5.82 Å². The number of anilines is 1. The zero-order valence-electron chi connectivity index (χ0n) is 10.8. The second-order valence-corrected chi connectivity index (χ2v) is 4.91. The van der Waals surface area contributed by atoms with E-state index >= 15 is 0 Å². The van der Waals surface area contributed by atoms with Crippen molar-refractivity contribution in [2.45, 2.75) is 32.8 Å². The lowest BCUT2D eigenvalue weighted by Gasteiger charge is -2.20. The van der Waals surface area contributed by atoms with Crippen LogP contribution in [0.5, 0.6) is 0 Å². The smallest absolute Gasteiger partial charge is 0.412 e. The van der Waals surface area contributed by atoms with Gasteiger partial charge in [0.05, 0.1) is 5.69 Å². The van der Waals surface area contributed by atoms with E-state index in [-0.39, 0.29) is 12.3 Å². The minimum absolute atomic E-state index is 0.0302. The largest absolute Gasteiger partial charge is 0.444 e. The first kappa shape index (κ1) is 14.4. The van der Waals surface area contributed by atoms with Gasteiger partial charge in [-0.05, 0) is 44.9 Å². The Hall–Kier alpha value is -1.62. The predicted molar refractivity (Wildman–Crippen MR) is 67.0 cm³/mol. The fourth-order valence-electron chi connectivity index (χ4n) is 1.37. The molecule has 0 heterocycles. The molecular formula is C13H18FNO3. The summed E-state index contributed by atoms with van der Waals surface area (Å²) < 4.78 is 18.5. The standard InChI is InChI=1S/C13H18FNO3/c1-13(2,3)18-12(17)15-11-8-9(6-7-16)4-5-10(11)14/h4-5,8,16H,6-7H2,1-3H3,(H,15,17). The van der Waals surface area contributed by atoms with Crippen LogP contribution in [0.3, 0.4) is 0 Å². The fraction of sp³-hybridized carbons (Fsp3) is 0.462. The lowest BCUT2D eigenvalue weighted by Crippen LogP contribution is -2.27. The average Bonchev–Trinajstić information content (AvgIpc) is 2.20. The molecule has 0 bridgehead atoms. The number of benzene rings is 1. The molecule has 2 N–H and O–H groups in total. The SMILES string of the molecule is CC(C)(C)OC(=O)Nc1cc(CCO)ccc1F. The summed E-state index contributed by atoms with van der Waals surface area (Å²) in [5, 5.41) is 11.2. The van der Waals surface area contributed by atoms with Crippen LogP contribution in [0.15, 0.2) is 18.2 Å². The van der Waals surface area contributed by atoms with E-state index in [1.165, 1.54) is 12.1 Å². The van der Waals surface area contributed by atoms with E-state index in [2.05, 4.69) is 5.32 Å². The van der Waals surface area contributed by atoms with Gasteiger partial charge in [-0.2, -0.15) is 0 Å². The molecule has 0 atom stereocenters. The summed E-state index contributed by atoms with van der Waals surface area (Å²) in [6, 6.07) is 4.29. The second kappa shape index (κ2) is 5.82. The van der Waals surface area contributed by atoms with Gasteiger partial charge in [0.1, 0.15) is 11.4 Å². The van der Waals surface area contributed by atoms with Gasteiger partial charge in [-0.15, -0.1) is 0 Å². The Labute approximate surface area is 106 Å². The number of rotatable bonds is 3. The van der Waals surface area contributed by atoms with Crippen molar-refractivity contribution in [1.29, 1.82) is 0 Å². The van der Waals surface area contributed by atoms with Crippen molar-refractivity contribution in [2.24, 2.45) is 0 Å². The van der Waals surface area contributed by atoms with Crippen molar-refractivity contribution in [1.82, 2.24) is 0 Å². The Kier molecular flexibility index (Phi) is 4.67.